The molecule has 7 unspecified atom stereocenters. The van der Waals surface area contributed by atoms with Crippen LogP contribution in [0.2, 0.25) is 0 Å². The van der Waals surface area contributed by atoms with Gasteiger partial charge in [-0.05, 0) is 102 Å². The van der Waals surface area contributed by atoms with Gasteiger partial charge in [-0.25, -0.2) is 0 Å². The summed E-state index contributed by atoms with van der Waals surface area (Å²) < 4.78 is 0. The first-order valence-corrected chi connectivity index (χ1v) is 12.4. The molecule has 0 bridgehead atoms. The summed E-state index contributed by atoms with van der Waals surface area (Å²) in [5.41, 5.74) is 5.56. The number of aromatic amines is 1. The molecule has 1 aromatic carbocycles. The Morgan fingerprint density at radius 2 is 1.57 bits per heavy atom. The Morgan fingerprint density at radius 3 is 2.37 bits per heavy atom. The van der Waals surface area contributed by atoms with Gasteiger partial charge in [0.2, 0.25) is 0 Å². The number of nitrogens with one attached hydrogen (secondary N) is 1. The number of hydrogen-bond donors (Lipinski definition) is 2. The summed E-state index contributed by atoms with van der Waals surface area (Å²) in [7, 11) is 0. The molecule has 1 aromatic heterocycles. The molecule has 0 radical (unpaired) electrons. The van der Waals surface area contributed by atoms with Gasteiger partial charge in [0.05, 0.1) is 6.10 Å². The Hall–Kier alpha value is -1.28. The zero-order valence-electron chi connectivity index (χ0n) is 19.5. The maximum atomic E-state index is 10.8. The third-order valence-corrected chi connectivity index (χ3v) is 11.4. The maximum absolute atomic E-state index is 10.8. The standard InChI is InChI=1S/C28H39NO/c1-25(2)20-9-13-28(5)21(27(20,4)14-11-23(25)30)10-12-26(3)18-7-6-8-19-24(18)17(16-29-19)15-22(26)28/h6-8,16,20-23,29-30H,9-15H2,1-5H3. The Balaban J connectivity index is 1.47. The molecule has 0 saturated heterocycles. The van der Waals surface area contributed by atoms with Crippen molar-refractivity contribution in [1.82, 2.24) is 4.98 Å². The van der Waals surface area contributed by atoms with Crippen LogP contribution >= 0.6 is 0 Å². The van der Waals surface area contributed by atoms with Crippen LogP contribution in [0.4, 0.5) is 0 Å². The van der Waals surface area contributed by atoms with E-state index in [9.17, 15) is 5.11 Å². The van der Waals surface area contributed by atoms with Crippen LogP contribution in [0, 0.1) is 34.0 Å². The molecule has 2 heteroatoms. The van der Waals surface area contributed by atoms with Gasteiger partial charge in [0, 0.05) is 17.1 Å². The van der Waals surface area contributed by atoms with E-state index in [2.05, 4.69) is 64.0 Å². The SMILES string of the molecule is CC12CCC3C(C)(CCC4C(C)(C)C(O)CCC43C)C1Cc1c[nH]c3cccc2c13. The van der Waals surface area contributed by atoms with Crippen LogP contribution < -0.4 is 0 Å². The van der Waals surface area contributed by atoms with E-state index in [1.165, 1.54) is 49.4 Å². The van der Waals surface area contributed by atoms with Gasteiger partial charge in [0.15, 0.2) is 0 Å². The monoisotopic (exact) mass is 405 g/mol. The summed E-state index contributed by atoms with van der Waals surface area (Å²) in [5.74, 6) is 2.13. The molecule has 6 rings (SSSR count). The molecular formula is C28H39NO. The molecule has 7 atom stereocenters. The molecule has 30 heavy (non-hydrogen) atoms. The number of rotatable bonds is 0. The zero-order chi connectivity index (χ0) is 21.1. The lowest BCUT2D eigenvalue weighted by molar-refractivity contribution is -0.203. The summed E-state index contributed by atoms with van der Waals surface area (Å²) in [4.78, 5) is 3.57. The third-order valence-electron chi connectivity index (χ3n) is 11.4. The summed E-state index contributed by atoms with van der Waals surface area (Å²) in [5, 5.41) is 12.4. The van der Waals surface area contributed by atoms with Crippen LogP contribution in [0.5, 0.6) is 0 Å². The molecule has 162 valence electrons. The number of fused-ring (bicyclic) bond motifs is 6. The number of aromatic nitrogens is 1. The number of aliphatic hydroxyl groups is 1. The lowest BCUT2D eigenvalue weighted by Crippen LogP contribution is -2.64. The second kappa shape index (κ2) is 5.74. The molecule has 4 aliphatic rings. The van der Waals surface area contributed by atoms with E-state index in [-0.39, 0.29) is 16.9 Å². The summed E-state index contributed by atoms with van der Waals surface area (Å²) >= 11 is 0. The average molecular weight is 406 g/mol. The minimum absolute atomic E-state index is 0.0427. The molecule has 0 amide bonds. The van der Waals surface area contributed by atoms with E-state index < -0.39 is 0 Å². The van der Waals surface area contributed by atoms with E-state index in [4.69, 9.17) is 0 Å². The Labute approximate surface area is 181 Å². The highest BCUT2D eigenvalue weighted by molar-refractivity contribution is 5.88. The van der Waals surface area contributed by atoms with Crippen LogP contribution in [0.3, 0.4) is 0 Å². The largest absolute Gasteiger partial charge is 0.393 e. The average Bonchev–Trinajstić information content (AvgIpc) is 3.11. The van der Waals surface area contributed by atoms with Crippen molar-refractivity contribution in [3.8, 4) is 0 Å². The molecule has 3 saturated carbocycles. The van der Waals surface area contributed by atoms with Crippen molar-refractivity contribution >= 4 is 10.9 Å². The number of H-pyrrole nitrogens is 1. The quantitative estimate of drug-likeness (QED) is 0.508. The molecule has 0 aliphatic heterocycles. The van der Waals surface area contributed by atoms with Gasteiger partial charge >= 0.3 is 0 Å². The van der Waals surface area contributed by atoms with Gasteiger partial charge in [0.1, 0.15) is 0 Å². The number of benzene rings is 1. The van der Waals surface area contributed by atoms with Crippen LogP contribution in [-0.4, -0.2) is 16.2 Å². The van der Waals surface area contributed by atoms with Crippen molar-refractivity contribution < 1.29 is 5.11 Å². The van der Waals surface area contributed by atoms with Crippen molar-refractivity contribution in [2.75, 3.05) is 0 Å². The molecular weight excluding hydrogens is 366 g/mol. The van der Waals surface area contributed by atoms with Gasteiger partial charge in [-0.2, -0.15) is 0 Å². The lowest BCUT2D eigenvalue weighted by Gasteiger charge is -2.69. The van der Waals surface area contributed by atoms with Gasteiger partial charge < -0.3 is 10.1 Å². The van der Waals surface area contributed by atoms with Crippen molar-refractivity contribution in [3.63, 3.8) is 0 Å². The van der Waals surface area contributed by atoms with Crippen LogP contribution in [0.25, 0.3) is 10.9 Å². The second-order valence-electron chi connectivity index (χ2n) is 12.8. The first kappa shape index (κ1) is 19.4. The molecule has 2 N–H and O–H groups in total. The fraction of sp³-hybridized carbons (Fsp3) is 0.714. The van der Waals surface area contributed by atoms with E-state index in [1.807, 2.05) is 0 Å². The molecule has 3 fully saturated rings. The Morgan fingerprint density at radius 1 is 0.867 bits per heavy atom. The minimum Gasteiger partial charge on any atom is -0.393 e. The third kappa shape index (κ3) is 2.10. The summed E-state index contributed by atoms with van der Waals surface area (Å²) in [6, 6.07) is 6.95. The Bertz CT molecular complexity index is 1020. The van der Waals surface area contributed by atoms with Crippen LogP contribution in [-0.2, 0) is 11.8 Å². The summed E-state index contributed by atoms with van der Waals surface area (Å²) in [6.45, 7) is 12.6. The maximum Gasteiger partial charge on any atom is 0.0594 e. The fourth-order valence-corrected chi connectivity index (χ4v) is 9.89. The normalized spacial score (nSPS) is 46.7. The van der Waals surface area contributed by atoms with Crippen molar-refractivity contribution in [2.24, 2.45) is 34.0 Å². The zero-order valence-corrected chi connectivity index (χ0v) is 19.5. The molecule has 2 nitrogen and oxygen atoms in total. The predicted octanol–water partition coefficient (Wildman–Crippen LogP) is 6.61. The van der Waals surface area contributed by atoms with Gasteiger partial charge in [0.25, 0.3) is 0 Å². The number of hydrogen-bond acceptors (Lipinski definition) is 1. The first-order valence-electron chi connectivity index (χ1n) is 12.4. The fourth-order valence-electron chi connectivity index (χ4n) is 9.89. The lowest BCUT2D eigenvalue weighted by atomic mass is 9.35. The molecule has 4 aliphatic carbocycles. The van der Waals surface area contributed by atoms with Crippen molar-refractivity contribution in [1.29, 1.82) is 0 Å². The van der Waals surface area contributed by atoms with E-state index in [1.54, 1.807) is 11.1 Å². The van der Waals surface area contributed by atoms with Crippen LogP contribution in [0.15, 0.2) is 24.4 Å². The number of aliphatic hydroxyl groups excluding tert-OH is 1. The predicted molar refractivity (Wildman–Crippen MR) is 124 cm³/mol. The van der Waals surface area contributed by atoms with Gasteiger partial charge in [-0.1, -0.05) is 46.8 Å². The first-order chi connectivity index (χ1) is 14.1. The van der Waals surface area contributed by atoms with E-state index in [0.29, 0.717) is 22.7 Å². The van der Waals surface area contributed by atoms with Gasteiger partial charge in [-0.3, -0.25) is 0 Å². The molecule has 0 spiro atoms. The minimum atomic E-state index is -0.136. The highest BCUT2D eigenvalue weighted by Gasteiger charge is 2.66. The van der Waals surface area contributed by atoms with E-state index >= 15 is 0 Å². The molecule has 1 heterocycles. The Kier molecular flexibility index (Phi) is 3.71. The van der Waals surface area contributed by atoms with Gasteiger partial charge in [-0.15, -0.1) is 0 Å². The topological polar surface area (TPSA) is 36.0 Å². The highest BCUT2D eigenvalue weighted by atomic mass is 16.3. The van der Waals surface area contributed by atoms with Crippen molar-refractivity contribution in [2.45, 2.75) is 91.1 Å². The smallest absolute Gasteiger partial charge is 0.0594 e. The van der Waals surface area contributed by atoms with Crippen LogP contribution in [0.1, 0.15) is 84.3 Å². The van der Waals surface area contributed by atoms with Crippen molar-refractivity contribution in [3.05, 3.63) is 35.5 Å². The molecule has 2 aromatic rings. The highest BCUT2D eigenvalue weighted by Crippen LogP contribution is 2.72. The summed E-state index contributed by atoms with van der Waals surface area (Å²) in [6.07, 6.45) is 10.8. The second-order valence-corrected chi connectivity index (χ2v) is 12.8. The van der Waals surface area contributed by atoms with E-state index in [0.717, 1.165) is 12.3 Å².